The zero-order valence-electron chi connectivity index (χ0n) is 15.7. The number of piperazine rings is 1. The van der Waals surface area contributed by atoms with Gasteiger partial charge in [0, 0.05) is 45.0 Å². The molecular weight excluding hydrogens is 330 g/mol. The molecule has 1 aliphatic heterocycles. The van der Waals surface area contributed by atoms with Crippen molar-refractivity contribution >= 4 is 17.5 Å². The SMILES string of the molecule is COc1ccc(N2CCN(c3cnnc(NCCN(C)C)n3)CC2)cc1. The van der Waals surface area contributed by atoms with Crippen LogP contribution in [0.15, 0.2) is 30.5 Å². The van der Waals surface area contributed by atoms with Gasteiger partial charge in [-0.2, -0.15) is 10.1 Å². The number of benzene rings is 1. The van der Waals surface area contributed by atoms with E-state index in [1.807, 2.05) is 26.2 Å². The molecule has 8 heteroatoms. The fraction of sp³-hybridized carbons (Fsp3) is 0.500. The van der Waals surface area contributed by atoms with Crippen molar-refractivity contribution in [3.63, 3.8) is 0 Å². The Bertz CT molecular complexity index is 684. The van der Waals surface area contributed by atoms with E-state index in [0.717, 1.165) is 50.8 Å². The molecule has 0 atom stereocenters. The topological polar surface area (TPSA) is 69.7 Å². The Morgan fingerprint density at radius 3 is 2.42 bits per heavy atom. The Kier molecular flexibility index (Phi) is 6.06. The van der Waals surface area contributed by atoms with E-state index in [1.165, 1.54) is 5.69 Å². The van der Waals surface area contributed by atoms with Gasteiger partial charge in [0.15, 0.2) is 5.82 Å². The first kappa shape index (κ1) is 18.2. The first-order chi connectivity index (χ1) is 12.7. The largest absolute Gasteiger partial charge is 0.497 e. The number of hydrogen-bond donors (Lipinski definition) is 1. The van der Waals surface area contributed by atoms with Gasteiger partial charge in [-0.3, -0.25) is 0 Å². The van der Waals surface area contributed by atoms with Crippen molar-refractivity contribution in [2.24, 2.45) is 0 Å². The highest BCUT2D eigenvalue weighted by Gasteiger charge is 2.19. The predicted molar refractivity (Wildman–Crippen MR) is 104 cm³/mol. The molecule has 2 aromatic rings. The molecule has 0 amide bonds. The lowest BCUT2D eigenvalue weighted by Gasteiger charge is -2.36. The van der Waals surface area contributed by atoms with Gasteiger partial charge >= 0.3 is 0 Å². The number of nitrogens with one attached hydrogen (secondary N) is 1. The number of anilines is 3. The smallest absolute Gasteiger partial charge is 0.244 e. The maximum atomic E-state index is 5.23. The van der Waals surface area contributed by atoms with Gasteiger partial charge in [0.05, 0.1) is 13.3 Å². The van der Waals surface area contributed by atoms with Crippen LogP contribution in [0.4, 0.5) is 17.5 Å². The van der Waals surface area contributed by atoms with Crippen LogP contribution in [0.5, 0.6) is 5.75 Å². The highest BCUT2D eigenvalue weighted by Crippen LogP contribution is 2.22. The van der Waals surface area contributed by atoms with Crippen molar-refractivity contribution in [1.29, 1.82) is 0 Å². The fourth-order valence-corrected chi connectivity index (χ4v) is 2.90. The summed E-state index contributed by atoms with van der Waals surface area (Å²) in [5.74, 6) is 2.34. The van der Waals surface area contributed by atoms with Gasteiger partial charge in [-0.1, -0.05) is 0 Å². The lowest BCUT2D eigenvalue weighted by atomic mass is 10.2. The van der Waals surface area contributed by atoms with Crippen molar-refractivity contribution in [1.82, 2.24) is 20.1 Å². The maximum Gasteiger partial charge on any atom is 0.244 e. The van der Waals surface area contributed by atoms with Crippen LogP contribution < -0.4 is 19.9 Å². The van der Waals surface area contributed by atoms with E-state index >= 15 is 0 Å². The van der Waals surface area contributed by atoms with Gasteiger partial charge < -0.3 is 24.8 Å². The molecule has 140 valence electrons. The van der Waals surface area contributed by atoms with E-state index in [0.29, 0.717) is 5.95 Å². The molecule has 0 unspecified atom stereocenters. The Hall–Kier alpha value is -2.61. The van der Waals surface area contributed by atoms with Crippen molar-refractivity contribution in [3.8, 4) is 5.75 Å². The highest BCUT2D eigenvalue weighted by molar-refractivity contribution is 5.51. The van der Waals surface area contributed by atoms with Gasteiger partial charge in [-0.25, -0.2) is 0 Å². The minimum atomic E-state index is 0.585. The molecule has 1 N–H and O–H groups in total. The second kappa shape index (κ2) is 8.66. The summed E-state index contributed by atoms with van der Waals surface area (Å²) in [4.78, 5) is 11.3. The molecule has 2 heterocycles. The quantitative estimate of drug-likeness (QED) is 0.792. The number of methoxy groups -OCH3 is 1. The Morgan fingerprint density at radius 2 is 1.77 bits per heavy atom. The minimum Gasteiger partial charge on any atom is -0.497 e. The predicted octanol–water partition coefficient (Wildman–Crippen LogP) is 1.18. The monoisotopic (exact) mass is 357 g/mol. The molecule has 1 aromatic carbocycles. The van der Waals surface area contributed by atoms with Crippen molar-refractivity contribution < 1.29 is 4.74 Å². The maximum absolute atomic E-state index is 5.23. The highest BCUT2D eigenvalue weighted by atomic mass is 16.5. The van der Waals surface area contributed by atoms with Crippen LogP contribution in [0.25, 0.3) is 0 Å². The Labute approximate surface area is 154 Å². The van der Waals surface area contributed by atoms with Gasteiger partial charge in [0.2, 0.25) is 5.95 Å². The Balaban J connectivity index is 1.55. The van der Waals surface area contributed by atoms with E-state index in [4.69, 9.17) is 4.74 Å². The van der Waals surface area contributed by atoms with Gasteiger partial charge in [0.25, 0.3) is 0 Å². The first-order valence-corrected chi connectivity index (χ1v) is 8.88. The van der Waals surface area contributed by atoms with Gasteiger partial charge in [0.1, 0.15) is 5.75 Å². The molecular formula is C18H27N7O. The minimum absolute atomic E-state index is 0.585. The molecule has 0 saturated carbocycles. The summed E-state index contributed by atoms with van der Waals surface area (Å²) in [5, 5.41) is 11.4. The van der Waals surface area contributed by atoms with E-state index in [1.54, 1.807) is 13.3 Å². The first-order valence-electron chi connectivity index (χ1n) is 8.88. The molecule has 0 radical (unpaired) electrons. The summed E-state index contributed by atoms with van der Waals surface area (Å²) in [6, 6.07) is 8.21. The standard InChI is InChI=1S/C18H27N7O/c1-23(2)9-8-19-18-21-17(14-20-22-18)25-12-10-24(11-13-25)15-4-6-16(26-3)7-5-15/h4-7,14H,8-13H2,1-3H3,(H,19,21,22). The molecule has 1 fully saturated rings. The lowest BCUT2D eigenvalue weighted by Crippen LogP contribution is -2.47. The zero-order chi connectivity index (χ0) is 18.4. The molecule has 0 spiro atoms. The number of rotatable bonds is 7. The summed E-state index contributed by atoms with van der Waals surface area (Å²) in [5.41, 5.74) is 1.22. The average Bonchev–Trinajstić information content (AvgIpc) is 2.68. The number of aromatic nitrogens is 3. The normalized spacial score (nSPS) is 14.6. The zero-order valence-corrected chi connectivity index (χ0v) is 15.7. The molecule has 1 saturated heterocycles. The van der Waals surface area contributed by atoms with Crippen LogP contribution in [-0.2, 0) is 0 Å². The Morgan fingerprint density at radius 1 is 1.08 bits per heavy atom. The molecule has 1 aliphatic rings. The third kappa shape index (κ3) is 4.72. The third-order valence-corrected chi connectivity index (χ3v) is 4.43. The molecule has 26 heavy (non-hydrogen) atoms. The summed E-state index contributed by atoms with van der Waals surface area (Å²) in [7, 11) is 5.77. The van der Waals surface area contributed by atoms with Crippen LogP contribution in [0.2, 0.25) is 0 Å². The number of ether oxygens (including phenoxy) is 1. The van der Waals surface area contributed by atoms with Crippen LogP contribution >= 0.6 is 0 Å². The fourth-order valence-electron chi connectivity index (χ4n) is 2.90. The van der Waals surface area contributed by atoms with E-state index in [2.05, 4.69) is 47.3 Å². The van der Waals surface area contributed by atoms with Crippen molar-refractivity contribution in [3.05, 3.63) is 30.5 Å². The second-order valence-electron chi connectivity index (χ2n) is 6.54. The number of hydrogen-bond acceptors (Lipinski definition) is 8. The molecule has 0 aliphatic carbocycles. The van der Waals surface area contributed by atoms with Crippen LogP contribution in [0.1, 0.15) is 0 Å². The van der Waals surface area contributed by atoms with Crippen molar-refractivity contribution in [2.75, 3.05) is 75.6 Å². The van der Waals surface area contributed by atoms with Gasteiger partial charge in [-0.05, 0) is 38.4 Å². The number of nitrogens with zero attached hydrogens (tertiary/aromatic N) is 6. The summed E-state index contributed by atoms with van der Waals surface area (Å²) < 4.78 is 5.23. The number of likely N-dealkylation sites (N-methyl/N-ethyl adjacent to an activating group) is 1. The molecule has 0 bridgehead atoms. The molecule has 8 nitrogen and oxygen atoms in total. The molecule has 3 rings (SSSR count). The van der Waals surface area contributed by atoms with E-state index < -0.39 is 0 Å². The van der Waals surface area contributed by atoms with Crippen LogP contribution in [-0.4, -0.2) is 80.6 Å². The van der Waals surface area contributed by atoms with E-state index in [9.17, 15) is 0 Å². The van der Waals surface area contributed by atoms with Crippen LogP contribution in [0.3, 0.4) is 0 Å². The summed E-state index contributed by atoms with van der Waals surface area (Å²) in [6.45, 7) is 5.42. The second-order valence-corrected chi connectivity index (χ2v) is 6.54. The van der Waals surface area contributed by atoms with Crippen LogP contribution in [0, 0.1) is 0 Å². The lowest BCUT2D eigenvalue weighted by molar-refractivity contribution is 0.415. The average molecular weight is 357 g/mol. The summed E-state index contributed by atoms with van der Waals surface area (Å²) >= 11 is 0. The van der Waals surface area contributed by atoms with Gasteiger partial charge in [-0.15, -0.1) is 5.10 Å². The third-order valence-electron chi connectivity index (χ3n) is 4.43. The van der Waals surface area contributed by atoms with Crippen molar-refractivity contribution in [2.45, 2.75) is 0 Å². The molecule has 1 aromatic heterocycles. The summed E-state index contributed by atoms with van der Waals surface area (Å²) in [6.07, 6.45) is 1.74. The van der Waals surface area contributed by atoms with E-state index in [-0.39, 0.29) is 0 Å².